The van der Waals surface area contributed by atoms with E-state index in [0.29, 0.717) is 18.8 Å². The highest BCUT2D eigenvalue weighted by Crippen LogP contribution is 2.18. The van der Waals surface area contributed by atoms with Crippen molar-refractivity contribution in [3.8, 4) is 5.75 Å². The fourth-order valence-electron chi connectivity index (χ4n) is 2.47. The maximum absolute atomic E-state index is 12.0. The van der Waals surface area contributed by atoms with E-state index in [2.05, 4.69) is 5.32 Å². The summed E-state index contributed by atoms with van der Waals surface area (Å²) in [5.74, 6) is 0.776. The molecule has 1 amide bonds. The summed E-state index contributed by atoms with van der Waals surface area (Å²) in [7, 11) is -2.96. The molecule has 0 atom stereocenters. The third-order valence-electron chi connectivity index (χ3n) is 3.75. The van der Waals surface area contributed by atoms with E-state index >= 15 is 0 Å². The van der Waals surface area contributed by atoms with Crippen LogP contribution in [0.5, 0.6) is 5.75 Å². The van der Waals surface area contributed by atoms with Crippen molar-refractivity contribution in [1.82, 2.24) is 10.2 Å². The second-order valence-electron chi connectivity index (χ2n) is 5.79. The SMILES string of the molecule is CS(=O)(=O)CCNCc1ccccc1OCC(=O)N1CCCC1. The zero-order valence-corrected chi connectivity index (χ0v) is 14.3. The van der Waals surface area contributed by atoms with Crippen molar-refractivity contribution in [2.45, 2.75) is 19.4 Å². The van der Waals surface area contributed by atoms with Gasteiger partial charge in [-0.05, 0) is 18.9 Å². The summed E-state index contributed by atoms with van der Waals surface area (Å²) in [6.45, 7) is 2.57. The highest BCUT2D eigenvalue weighted by atomic mass is 32.2. The van der Waals surface area contributed by atoms with Gasteiger partial charge < -0.3 is 15.0 Å². The Hall–Kier alpha value is -1.60. The number of carbonyl (C=O) groups is 1. The van der Waals surface area contributed by atoms with Crippen molar-refractivity contribution in [2.75, 3.05) is 38.2 Å². The molecule has 0 unspecified atom stereocenters. The molecule has 0 saturated carbocycles. The van der Waals surface area contributed by atoms with E-state index in [-0.39, 0.29) is 18.3 Å². The fraction of sp³-hybridized carbons (Fsp3) is 0.562. The highest BCUT2D eigenvalue weighted by Gasteiger charge is 2.18. The van der Waals surface area contributed by atoms with Crippen molar-refractivity contribution >= 4 is 15.7 Å². The number of hydrogen-bond acceptors (Lipinski definition) is 5. The lowest BCUT2D eigenvalue weighted by atomic mass is 10.2. The van der Waals surface area contributed by atoms with Gasteiger partial charge in [0.15, 0.2) is 6.61 Å². The summed E-state index contributed by atoms with van der Waals surface area (Å²) in [4.78, 5) is 13.8. The van der Waals surface area contributed by atoms with Crippen LogP contribution < -0.4 is 10.1 Å². The minimum atomic E-state index is -2.96. The van der Waals surface area contributed by atoms with Gasteiger partial charge in [-0.15, -0.1) is 0 Å². The predicted octanol–water partition coefficient (Wildman–Crippen LogP) is 0.822. The molecule has 128 valence electrons. The zero-order valence-electron chi connectivity index (χ0n) is 13.5. The van der Waals surface area contributed by atoms with Crippen molar-refractivity contribution in [3.63, 3.8) is 0 Å². The molecule has 7 heteroatoms. The molecular weight excluding hydrogens is 316 g/mol. The first-order valence-electron chi connectivity index (χ1n) is 7.82. The van der Waals surface area contributed by atoms with E-state index in [1.165, 1.54) is 6.26 Å². The van der Waals surface area contributed by atoms with Crippen LogP contribution in [0.15, 0.2) is 24.3 Å². The number of rotatable bonds is 8. The van der Waals surface area contributed by atoms with Gasteiger partial charge in [-0.1, -0.05) is 18.2 Å². The summed E-state index contributed by atoms with van der Waals surface area (Å²) >= 11 is 0. The molecule has 0 aromatic heterocycles. The average molecular weight is 340 g/mol. The molecule has 1 aromatic carbocycles. The van der Waals surface area contributed by atoms with Gasteiger partial charge in [0.05, 0.1) is 5.75 Å². The lowest BCUT2D eigenvalue weighted by molar-refractivity contribution is -0.132. The number of ether oxygens (including phenoxy) is 1. The van der Waals surface area contributed by atoms with Crippen LogP contribution in [0.2, 0.25) is 0 Å². The molecule has 1 aliphatic rings. The lowest BCUT2D eigenvalue weighted by Gasteiger charge is -2.17. The first kappa shape index (κ1) is 17.7. The Kier molecular flexibility index (Phi) is 6.41. The van der Waals surface area contributed by atoms with Gasteiger partial charge in [0.2, 0.25) is 0 Å². The molecule has 0 spiro atoms. The van der Waals surface area contributed by atoms with Crippen molar-refractivity contribution in [1.29, 1.82) is 0 Å². The summed E-state index contributed by atoms with van der Waals surface area (Å²) in [5, 5.41) is 3.09. The van der Waals surface area contributed by atoms with Crippen molar-refractivity contribution < 1.29 is 17.9 Å². The summed E-state index contributed by atoms with van der Waals surface area (Å²) in [6, 6.07) is 7.48. The molecular formula is C16H24N2O4S. The van der Waals surface area contributed by atoms with Gasteiger partial charge >= 0.3 is 0 Å². The Labute approximate surface area is 137 Å². The van der Waals surface area contributed by atoms with E-state index in [1.54, 1.807) is 0 Å². The van der Waals surface area contributed by atoms with Crippen LogP contribution in [0.4, 0.5) is 0 Å². The standard InChI is InChI=1S/C16H24N2O4S/c1-23(20,21)11-8-17-12-14-6-2-3-7-15(14)22-13-16(19)18-9-4-5-10-18/h2-3,6-7,17H,4-5,8-13H2,1H3. The molecule has 2 rings (SSSR count). The van der Waals surface area contributed by atoms with Crippen LogP contribution >= 0.6 is 0 Å². The van der Waals surface area contributed by atoms with Crippen LogP contribution in [0.1, 0.15) is 18.4 Å². The average Bonchev–Trinajstić information content (AvgIpc) is 3.03. The molecule has 0 aliphatic carbocycles. The molecule has 0 radical (unpaired) electrons. The molecule has 23 heavy (non-hydrogen) atoms. The van der Waals surface area contributed by atoms with Crippen molar-refractivity contribution in [2.24, 2.45) is 0 Å². The quantitative estimate of drug-likeness (QED) is 0.709. The Balaban J connectivity index is 1.83. The van der Waals surface area contributed by atoms with E-state index in [4.69, 9.17) is 4.74 Å². The predicted molar refractivity (Wildman–Crippen MR) is 89.2 cm³/mol. The van der Waals surface area contributed by atoms with Gasteiger partial charge in [-0.25, -0.2) is 8.42 Å². The monoisotopic (exact) mass is 340 g/mol. The summed E-state index contributed by atoms with van der Waals surface area (Å²) in [6.07, 6.45) is 3.34. The summed E-state index contributed by atoms with van der Waals surface area (Å²) in [5.41, 5.74) is 0.912. The van der Waals surface area contributed by atoms with Crippen LogP contribution in [-0.4, -0.2) is 57.5 Å². The number of nitrogens with zero attached hydrogens (tertiary/aromatic N) is 1. The number of para-hydroxylation sites is 1. The zero-order chi connectivity index (χ0) is 16.7. The largest absolute Gasteiger partial charge is 0.483 e. The van der Waals surface area contributed by atoms with E-state index in [0.717, 1.165) is 31.5 Å². The maximum atomic E-state index is 12.0. The van der Waals surface area contributed by atoms with E-state index in [9.17, 15) is 13.2 Å². The molecule has 1 N–H and O–H groups in total. The van der Waals surface area contributed by atoms with Gasteiger partial charge in [0, 0.05) is 38.0 Å². The molecule has 6 nitrogen and oxygen atoms in total. The molecule has 1 fully saturated rings. The molecule has 1 saturated heterocycles. The minimum absolute atomic E-state index is 0.0161. The molecule has 1 aliphatic heterocycles. The van der Waals surface area contributed by atoms with Crippen LogP contribution in [-0.2, 0) is 21.2 Å². The fourth-order valence-corrected chi connectivity index (χ4v) is 2.98. The van der Waals surface area contributed by atoms with Gasteiger partial charge in [-0.2, -0.15) is 0 Å². The third-order valence-corrected chi connectivity index (χ3v) is 4.69. The minimum Gasteiger partial charge on any atom is -0.483 e. The van der Waals surface area contributed by atoms with Crippen molar-refractivity contribution in [3.05, 3.63) is 29.8 Å². The Morgan fingerprint density at radius 2 is 1.96 bits per heavy atom. The van der Waals surface area contributed by atoms with E-state index in [1.807, 2.05) is 29.2 Å². The molecule has 1 heterocycles. The van der Waals surface area contributed by atoms with Gasteiger partial charge in [0.1, 0.15) is 15.6 Å². The summed E-state index contributed by atoms with van der Waals surface area (Å²) < 4.78 is 27.9. The third kappa shape index (κ3) is 6.19. The maximum Gasteiger partial charge on any atom is 0.260 e. The number of hydrogen-bond donors (Lipinski definition) is 1. The first-order valence-corrected chi connectivity index (χ1v) is 9.89. The Morgan fingerprint density at radius 3 is 2.65 bits per heavy atom. The Morgan fingerprint density at radius 1 is 1.26 bits per heavy atom. The molecule has 1 aromatic rings. The van der Waals surface area contributed by atoms with E-state index < -0.39 is 9.84 Å². The number of sulfone groups is 1. The van der Waals surface area contributed by atoms with Crippen LogP contribution in [0.3, 0.4) is 0 Å². The van der Waals surface area contributed by atoms with Crippen LogP contribution in [0.25, 0.3) is 0 Å². The first-order chi connectivity index (χ1) is 11.0. The highest BCUT2D eigenvalue weighted by molar-refractivity contribution is 7.90. The lowest BCUT2D eigenvalue weighted by Crippen LogP contribution is -2.32. The van der Waals surface area contributed by atoms with Gasteiger partial charge in [-0.3, -0.25) is 4.79 Å². The van der Waals surface area contributed by atoms with Gasteiger partial charge in [0.25, 0.3) is 5.91 Å². The number of amides is 1. The second kappa shape index (κ2) is 8.31. The molecule has 0 bridgehead atoms. The van der Waals surface area contributed by atoms with Crippen LogP contribution in [0, 0.1) is 0 Å². The smallest absolute Gasteiger partial charge is 0.260 e. The number of benzene rings is 1. The number of nitrogens with one attached hydrogen (secondary N) is 1. The number of carbonyl (C=O) groups excluding carboxylic acids is 1. The topological polar surface area (TPSA) is 75.7 Å². The second-order valence-corrected chi connectivity index (χ2v) is 8.05. The Bertz CT molecular complexity index is 625. The number of likely N-dealkylation sites (tertiary alicyclic amines) is 1. The normalized spacial score (nSPS) is 14.9.